The van der Waals surface area contributed by atoms with Crippen LogP contribution in [0.4, 0.5) is 5.69 Å². The largest absolute Gasteiger partial charge is 0.478 e. The zero-order valence-corrected chi connectivity index (χ0v) is 10.5. The van der Waals surface area contributed by atoms with E-state index in [0.717, 1.165) is 38.2 Å². The highest BCUT2D eigenvalue weighted by molar-refractivity contribution is 5.48. The van der Waals surface area contributed by atoms with Gasteiger partial charge in [-0.25, -0.2) is 0 Å². The Hall–Kier alpha value is -1.36. The van der Waals surface area contributed by atoms with Crippen molar-refractivity contribution in [3.05, 3.63) is 11.8 Å². The molecule has 0 bridgehead atoms. The number of aromatic nitrogens is 2. The smallest absolute Gasteiger partial charge is 0.256 e. The summed E-state index contributed by atoms with van der Waals surface area (Å²) in [7, 11) is 1.56. The fourth-order valence-electron chi connectivity index (χ4n) is 2.31. The molecule has 0 aromatic carbocycles. The highest BCUT2D eigenvalue weighted by atomic mass is 16.5. The van der Waals surface area contributed by atoms with E-state index in [4.69, 9.17) is 10.5 Å². The van der Waals surface area contributed by atoms with Crippen LogP contribution in [0.25, 0.3) is 0 Å². The van der Waals surface area contributed by atoms with Gasteiger partial charge < -0.3 is 15.4 Å². The van der Waals surface area contributed by atoms with Crippen LogP contribution in [0.2, 0.25) is 0 Å². The Bertz CT molecular complexity index is 375. The molecular formula is C12H20N4O. The summed E-state index contributed by atoms with van der Waals surface area (Å²) in [5.41, 5.74) is 7.43. The number of piperidine rings is 1. The molecule has 0 saturated carbocycles. The van der Waals surface area contributed by atoms with Gasteiger partial charge in [0.25, 0.3) is 5.88 Å². The second-order valence-corrected chi connectivity index (χ2v) is 4.44. The van der Waals surface area contributed by atoms with Gasteiger partial charge in [0, 0.05) is 5.92 Å². The Morgan fingerprint density at radius 1 is 1.41 bits per heavy atom. The monoisotopic (exact) mass is 236 g/mol. The van der Waals surface area contributed by atoms with Crippen molar-refractivity contribution < 1.29 is 4.74 Å². The van der Waals surface area contributed by atoms with Crippen molar-refractivity contribution in [1.29, 1.82) is 0 Å². The lowest BCUT2D eigenvalue weighted by atomic mass is 9.93. The number of nitrogen functional groups attached to an aromatic ring is 1. The van der Waals surface area contributed by atoms with Crippen LogP contribution >= 0.6 is 0 Å². The maximum Gasteiger partial charge on any atom is 0.256 e. The van der Waals surface area contributed by atoms with E-state index in [2.05, 4.69) is 22.0 Å². The van der Waals surface area contributed by atoms with Crippen LogP contribution in [0.3, 0.4) is 0 Å². The second kappa shape index (κ2) is 5.31. The fraction of sp³-hybridized carbons (Fsp3) is 0.667. The number of methoxy groups -OCH3 is 1. The molecule has 0 aliphatic carbocycles. The third kappa shape index (κ3) is 2.66. The molecule has 0 atom stereocenters. The Kier molecular flexibility index (Phi) is 3.78. The first-order chi connectivity index (χ1) is 8.24. The fourth-order valence-corrected chi connectivity index (χ4v) is 2.31. The van der Waals surface area contributed by atoms with Crippen LogP contribution < -0.4 is 10.5 Å². The van der Waals surface area contributed by atoms with Gasteiger partial charge in [-0.2, -0.15) is 5.10 Å². The van der Waals surface area contributed by atoms with Crippen molar-refractivity contribution >= 4 is 5.69 Å². The second-order valence-electron chi connectivity index (χ2n) is 4.44. The summed E-state index contributed by atoms with van der Waals surface area (Å²) in [5.74, 6) is 0.901. The standard InChI is InChI=1S/C12H20N4O/c1-3-16-6-4-9(5-7-16)11-8-10(13)12(17-2)15-14-11/h8-9H,3-7H2,1-2H3,(H2,13,14). The summed E-state index contributed by atoms with van der Waals surface area (Å²) >= 11 is 0. The first-order valence-electron chi connectivity index (χ1n) is 6.14. The van der Waals surface area contributed by atoms with Crippen molar-refractivity contribution in [2.45, 2.75) is 25.7 Å². The topological polar surface area (TPSA) is 64.3 Å². The van der Waals surface area contributed by atoms with Gasteiger partial charge >= 0.3 is 0 Å². The van der Waals surface area contributed by atoms with Gasteiger partial charge in [-0.15, -0.1) is 5.10 Å². The molecular weight excluding hydrogens is 216 g/mol. The molecule has 1 aromatic heterocycles. The van der Waals surface area contributed by atoms with Crippen LogP contribution in [-0.4, -0.2) is 41.8 Å². The molecule has 1 saturated heterocycles. The lowest BCUT2D eigenvalue weighted by Crippen LogP contribution is -2.32. The zero-order chi connectivity index (χ0) is 12.3. The Morgan fingerprint density at radius 2 is 2.12 bits per heavy atom. The average Bonchev–Trinajstić information content (AvgIpc) is 2.39. The van der Waals surface area contributed by atoms with E-state index >= 15 is 0 Å². The quantitative estimate of drug-likeness (QED) is 0.856. The Labute approximate surface area is 102 Å². The van der Waals surface area contributed by atoms with E-state index in [0.29, 0.717) is 17.5 Å². The van der Waals surface area contributed by atoms with E-state index in [1.807, 2.05) is 6.07 Å². The van der Waals surface area contributed by atoms with Gasteiger partial charge in [0.15, 0.2) is 0 Å². The van der Waals surface area contributed by atoms with Crippen LogP contribution in [-0.2, 0) is 0 Å². The average molecular weight is 236 g/mol. The predicted molar refractivity (Wildman–Crippen MR) is 67.1 cm³/mol. The van der Waals surface area contributed by atoms with Gasteiger partial charge in [0.1, 0.15) is 0 Å². The Balaban J connectivity index is 2.06. The number of nitrogens with zero attached hydrogens (tertiary/aromatic N) is 3. The minimum Gasteiger partial charge on any atom is -0.478 e. The third-order valence-electron chi connectivity index (χ3n) is 3.45. The summed E-state index contributed by atoms with van der Waals surface area (Å²) in [6, 6.07) is 1.90. The molecule has 17 heavy (non-hydrogen) atoms. The summed E-state index contributed by atoms with van der Waals surface area (Å²) in [4.78, 5) is 2.46. The molecule has 5 heteroatoms. The molecule has 1 aromatic rings. The number of likely N-dealkylation sites (tertiary alicyclic amines) is 1. The zero-order valence-electron chi connectivity index (χ0n) is 10.5. The van der Waals surface area contributed by atoms with Crippen molar-refractivity contribution in [1.82, 2.24) is 15.1 Å². The number of hydrogen-bond acceptors (Lipinski definition) is 5. The maximum absolute atomic E-state index is 5.85. The van der Waals surface area contributed by atoms with Gasteiger partial charge in [-0.3, -0.25) is 0 Å². The van der Waals surface area contributed by atoms with Gasteiger partial charge in [0.05, 0.1) is 18.5 Å². The highest BCUT2D eigenvalue weighted by Crippen LogP contribution is 2.28. The number of anilines is 1. The number of rotatable bonds is 3. The van der Waals surface area contributed by atoms with E-state index in [1.165, 1.54) is 0 Å². The van der Waals surface area contributed by atoms with Crippen molar-refractivity contribution in [3.63, 3.8) is 0 Å². The van der Waals surface area contributed by atoms with E-state index in [1.54, 1.807) is 7.11 Å². The highest BCUT2D eigenvalue weighted by Gasteiger charge is 2.21. The molecule has 0 unspecified atom stereocenters. The molecule has 1 fully saturated rings. The number of nitrogens with two attached hydrogens (primary N) is 1. The summed E-state index contributed by atoms with van der Waals surface area (Å²) in [6.07, 6.45) is 2.27. The normalized spacial score (nSPS) is 18.2. The molecule has 2 rings (SSSR count). The third-order valence-corrected chi connectivity index (χ3v) is 3.45. The van der Waals surface area contributed by atoms with Crippen LogP contribution in [0.5, 0.6) is 5.88 Å². The maximum atomic E-state index is 5.85. The molecule has 5 nitrogen and oxygen atoms in total. The summed E-state index contributed by atoms with van der Waals surface area (Å²) < 4.78 is 5.01. The minimum absolute atomic E-state index is 0.416. The number of hydrogen-bond donors (Lipinski definition) is 1. The predicted octanol–water partition coefficient (Wildman–Crippen LogP) is 1.27. The number of ether oxygens (including phenoxy) is 1. The SMILES string of the molecule is CCN1CCC(c2cc(N)c(OC)nn2)CC1. The first-order valence-corrected chi connectivity index (χ1v) is 6.14. The Morgan fingerprint density at radius 3 is 2.65 bits per heavy atom. The van der Waals surface area contributed by atoms with Gasteiger partial charge in [-0.1, -0.05) is 6.92 Å². The molecule has 1 aliphatic heterocycles. The van der Waals surface area contributed by atoms with E-state index in [-0.39, 0.29) is 0 Å². The molecule has 0 amide bonds. The first kappa shape index (κ1) is 12.1. The molecule has 2 heterocycles. The molecule has 0 radical (unpaired) electrons. The lowest BCUT2D eigenvalue weighted by Gasteiger charge is -2.30. The molecule has 94 valence electrons. The van der Waals surface area contributed by atoms with Crippen LogP contribution in [0.15, 0.2) is 6.07 Å². The van der Waals surface area contributed by atoms with Crippen LogP contribution in [0, 0.1) is 0 Å². The van der Waals surface area contributed by atoms with Gasteiger partial charge in [-0.05, 0) is 38.5 Å². The van der Waals surface area contributed by atoms with Crippen molar-refractivity contribution in [3.8, 4) is 5.88 Å². The molecule has 1 aliphatic rings. The molecule has 2 N–H and O–H groups in total. The van der Waals surface area contributed by atoms with E-state index in [9.17, 15) is 0 Å². The minimum atomic E-state index is 0.416. The molecule has 0 spiro atoms. The lowest BCUT2D eigenvalue weighted by molar-refractivity contribution is 0.220. The summed E-state index contributed by atoms with van der Waals surface area (Å²) in [5, 5.41) is 8.21. The summed E-state index contributed by atoms with van der Waals surface area (Å²) in [6.45, 7) is 5.60. The van der Waals surface area contributed by atoms with Crippen molar-refractivity contribution in [2.24, 2.45) is 0 Å². The van der Waals surface area contributed by atoms with E-state index < -0.39 is 0 Å². The van der Waals surface area contributed by atoms with Crippen LogP contribution in [0.1, 0.15) is 31.4 Å². The van der Waals surface area contributed by atoms with Crippen molar-refractivity contribution in [2.75, 3.05) is 32.5 Å². The van der Waals surface area contributed by atoms with Gasteiger partial charge in [0.2, 0.25) is 0 Å².